The summed E-state index contributed by atoms with van der Waals surface area (Å²) in [5, 5.41) is 10.5. The Morgan fingerprint density at radius 1 is 1.12 bits per heavy atom. The van der Waals surface area contributed by atoms with E-state index in [1.54, 1.807) is 0 Å². The highest BCUT2D eigenvalue weighted by Gasteiger charge is 2.29. The van der Waals surface area contributed by atoms with E-state index >= 15 is 0 Å². The highest BCUT2D eigenvalue weighted by atomic mass is 19.1. The molecule has 3 N–H and O–H groups in total. The summed E-state index contributed by atoms with van der Waals surface area (Å²) in [5.74, 6) is -0.215. The van der Waals surface area contributed by atoms with Gasteiger partial charge in [-0.05, 0) is 49.1 Å². The van der Waals surface area contributed by atoms with Crippen LogP contribution in [-0.4, -0.2) is 35.2 Å². The molecule has 2 aromatic rings. The molecular formula is C20H25FN2O. The number of β-amino-alcohol motifs (C(OH)–C–C–N with tert-alkyl or cyclic N) is 1. The zero-order valence-electron chi connectivity index (χ0n) is 13.8. The number of aliphatic hydroxyl groups excluding tert-OH is 1. The van der Waals surface area contributed by atoms with Gasteiger partial charge in [0.2, 0.25) is 0 Å². The normalized spacial score (nSPS) is 20.9. The maximum Gasteiger partial charge on any atom is 0.123 e. The first kappa shape index (κ1) is 17.1. The standard InChI is InChI=1S/C20H25FN2O/c21-17-10-8-16(9-11-17)19-7-4-12-23(19)14-20(24)18(22)13-15-5-2-1-3-6-15/h1-3,5-6,8-11,18-20,24H,4,7,12-14,22H2/t18-,19+,20+/m1/s1. The highest BCUT2D eigenvalue weighted by molar-refractivity contribution is 5.21. The number of nitrogens with zero attached hydrogens (tertiary/aromatic N) is 1. The molecule has 1 saturated heterocycles. The van der Waals surface area contributed by atoms with Crippen LogP contribution in [0.5, 0.6) is 0 Å². The summed E-state index contributed by atoms with van der Waals surface area (Å²) in [6.45, 7) is 1.49. The number of hydrogen-bond acceptors (Lipinski definition) is 3. The van der Waals surface area contributed by atoms with E-state index in [9.17, 15) is 9.50 Å². The Balaban J connectivity index is 1.60. The fourth-order valence-electron chi connectivity index (χ4n) is 3.51. The van der Waals surface area contributed by atoms with Crippen molar-refractivity contribution in [2.75, 3.05) is 13.1 Å². The molecule has 24 heavy (non-hydrogen) atoms. The molecule has 1 fully saturated rings. The summed E-state index contributed by atoms with van der Waals surface area (Å²) in [4.78, 5) is 2.27. The van der Waals surface area contributed by atoms with Crippen LogP contribution in [0.1, 0.15) is 30.0 Å². The van der Waals surface area contributed by atoms with Crippen LogP contribution in [0.4, 0.5) is 4.39 Å². The predicted octanol–water partition coefficient (Wildman–Crippen LogP) is 2.89. The summed E-state index contributed by atoms with van der Waals surface area (Å²) in [6, 6.07) is 16.6. The summed E-state index contributed by atoms with van der Waals surface area (Å²) in [6.07, 6.45) is 2.21. The fraction of sp³-hybridized carbons (Fsp3) is 0.400. The van der Waals surface area contributed by atoms with Gasteiger partial charge in [-0.2, -0.15) is 0 Å². The van der Waals surface area contributed by atoms with E-state index < -0.39 is 6.10 Å². The lowest BCUT2D eigenvalue weighted by Crippen LogP contribution is -2.44. The molecule has 3 nitrogen and oxygen atoms in total. The van der Waals surface area contributed by atoms with E-state index in [2.05, 4.69) is 4.90 Å². The molecule has 0 amide bonds. The van der Waals surface area contributed by atoms with Gasteiger partial charge in [-0.3, -0.25) is 4.90 Å². The van der Waals surface area contributed by atoms with Gasteiger partial charge >= 0.3 is 0 Å². The molecule has 1 heterocycles. The molecular weight excluding hydrogens is 303 g/mol. The summed E-state index contributed by atoms with van der Waals surface area (Å²) in [7, 11) is 0. The fourth-order valence-corrected chi connectivity index (χ4v) is 3.51. The van der Waals surface area contributed by atoms with Crippen molar-refractivity contribution in [3.8, 4) is 0 Å². The molecule has 0 bridgehead atoms. The van der Waals surface area contributed by atoms with Crippen molar-refractivity contribution < 1.29 is 9.50 Å². The zero-order chi connectivity index (χ0) is 16.9. The van der Waals surface area contributed by atoms with Crippen LogP contribution in [0.25, 0.3) is 0 Å². The first-order chi connectivity index (χ1) is 11.6. The van der Waals surface area contributed by atoms with Crippen molar-refractivity contribution in [1.82, 2.24) is 4.90 Å². The van der Waals surface area contributed by atoms with Crippen molar-refractivity contribution in [3.05, 3.63) is 71.5 Å². The molecule has 0 saturated carbocycles. The second-order valence-corrected chi connectivity index (χ2v) is 6.63. The Kier molecular flexibility index (Phi) is 5.61. The molecule has 0 aliphatic carbocycles. The minimum absolute atomic E-state index is 0.215. The van der Waals surface area contributed by atoms with Crippen molar-refractivity contribution in [2.24, 2.45) is 5.73 Å². The van der Waals surface area contributed by atoms with E-state index in [0.29, 0.717) is 13.0 Å². The number of halogens is 1. The maximum atomic E-state index is 13.1. The van der Waals surface area contributed by atoms with E-state index in [0.717, 1.165) is 30.5 Å². The minimum Gasteiger partial charge on any atom is -0.390 e. The number of aliphatic hydroxyl groups is 1. The average molecular weight is 328 g/mol. The Labute approximate surface area is 142 Å². The topological polar surface area (TPSA) is 49.5 Å². The van der Waals surface area contributed by atoms with Gasteiger partial charge < -0.3 is 10.8 Å². The van der Waals surface area contributed by atoms with Crippen LogP contribution in [0.3, 0.4) is 0 Å². The van der Waals surface area contributed by atoms with Crippen LogP contribution >= 0.6 is 0 Å². The van der Waals surface area contributed by atoms with Gasteiger partial charge in [0.15, 0.2) is 0 Å². The summed E-state index contributed by atoms with van der Waals surface area (Å²) >= 11 is 0. The van der Waals surface area contributed by atoms with Gasteiger partial charge in [0, 0.05) is 18.6 Å². The van der Waals surface area contributed by atoms with Gasteiger partial charge in [0.05, 0.1) is 6.10 Å². The molecule has 1 aliphatic rings. The van der Waals surface area contributed by atoms with Crippen molar-refractivity contribution in [2.45, 2.75) is 37.5 Å². The lowest BCUT2D eigenvalue weighted by Gasteiger charge is -2.29. The van der Waals surface area contributed by atoms with Crippen LogP contribution in [0, 0.1) is 5.82 Å². The number of rotatable bonds is 6. The van der Waals surface area contributed by atoms with Crippen molar-refractivity contribution >= 4 is 0 Å². The third kappa shape index (κ3) is 4.20. The first-order valence-electron chi connectivity index (χ1n) is 8.60. The molecule has 4 heteroatoms. The lowest BCUT2D eigenvalue weighted by molar-refractivity contribution is 0.0851. The Morgan fingerprint density at radius 2 is 1.83 bits per heavy atom. The number of likely N-dealkylation sites (tertiary alicyclic amines) is 1. The highest BCUT2D eigenvalue weighted by Crippen LogP contribution is 2.32. The molecule has 1 aliphatic heterocycles. The minimum atomic E-state index is -0.578. The second kappa shape index (κ2) is 7.88. The van der Waals surface area contributed by atoms with Crippen LogP contribution in [-0.2, 0) is 6.42 Å². The lowest BCUT2D eigenvalue weighted by atomic mass is 10.0. The van der Waals surface area contributed by atoms with Gasteiger partial charge in [-0.25, -0.2) is 4.39 Å². The summed E-state index contributed by atoms with van der Waals surface area (Å²) in [5.41, 5.74) is 8.45. The SMILES string of the molecule is N[C@H](Cc1ccccc1)[C@@H](O)CN1CCC[C@H]1c1ccc(F)cc1. The van der Waals surface area contributed by atoms with E-state index in [1.165, 1.54) is 12.1 Å². The van der Waals surface area contributed by atoms with E-state index in [-0.39, 0.29) is 17.9 Å². The second-order valence-electron chi connectivity index (χ2n) is 6.63. The molecule has 3 rings (SSSR count). The predicted molar refractivity (Wildman–Crippen MR) is 94.1 cm³/mol. The summed E-state index contributed by atoms with van der Waals surface area (Å²) < 4.78 is 13.1. The molecule has 128 valence electrons. The molecule has 2 aromatic carbocycles. The maximum absolute atomic E-state index is 13.1. The third-order valence-corrected chi connectivity index (χ3v) is 4.85. The molecule has 0 unspecified atom stereocenters. The van der Waals surface area contributed by atoms with Crippen LogP contribution in [0.2, 0.25) is 0 Å². The Hall–Kier alpha value is -1.75. The Morgan fingerprint density at radius 3 is 2.54 bits per heavy atom. The van der Waals surface area contributed by atoms with E-state index in [4.69, 9.17) is 5.73 Å². The smallest absolute Gasteiger partial charge is 0.123 e. The molecule has 3 atom stereocenters. The van der Waals surface area contributed by atoms with Crippen molar-refractivity contribution in [3.63, 3.8) is 0 Å². The first-order valence-corrected chi connectivity index (χ1v) is 8.60. The van der Waals surface area contributed by atoms with Crippen LogP contribution < -0.4 is 5.73 Å². The van der Waals surface area contributed by atoms with E-state index in [1.807, 2.05) is 42.5 Å². The van der Waals surface area contributed by atoms with Gasteiger partial charge in [0.1, 0.15) is 5.82 Å². The monoisotopic (exact) mass is 328 g/mol. The number of hydrogen-bond donors (Lipinski definition) is 2. The molecule has 0 aromatic heterocycles. The number of nitrogens with two attached hydrogens (primary N) is 1. The zero-order valence-corrected chi connectivity index (χ0v) is 13.8. The third-order valence-electron chi connectivity index (χ3n) is 4.85. The molecule has 0 radical (unpaired) electrons. The van der Waals surface area contributed by atoms with Gasteiger partial charge in [-0.1, -0.05) is 42.5 Å². The van der Waals surface area contributed by atoms with Gasteiger partial charge in [-0.15, -0.1) is 0 Å². The van der Waals surface area contributed by atoms with Crippen LogP contribution in [0.15, 0.2) is 54.6 Å². The largest absolute Gasteiger partial charge is 0.390 e. The quantitative estimate of drug-likeness (QED) is 0.857. The Bertz CT molecular complexity index is 632. The average Bonchev–Trinajstić information content (AvgIpc) is 3.04. The number of benzene rings is 2. The van der Waals surface area contributed by atoms with Crippen molar-refractivity contribution in [1.29, 1.82) is 0 Å². The molecule has 0 spiro atoms. The van der Waals surface area contributed by atoms with Gasteiger partial charge in [0.25, 0.3) is 0 Å².